The Morgan fingerprint density at radius 3 is 1.80 bits per heavy atom. The Morgan fingerprint density at radius 2 is 1.30 bits per heavy atom. The summed E-state index contributed by atoms with van der Waals surface area (Å²) in [5, 5.41) is 21.2. The molecule has 0 fully saturated rings. The summed E-state index contributed by atoms with van der Waals surface area (Å²) in [6.45, 7) is 1.91. The third-order valence-electron chi connectivity index (χ3n) is 6.52. The minimum atomic E-state index is -1.40. The van der Waals surface area contributed by atoms with Gasteiger partial charge in [0.15, 0.2) is 0 Å². The maximum absolute atomic E-state index is 13.2. The molecule has 7 nitrogen and oxygen atoms in total. The molecule has 3 N–H and O–H groups in total. The van der Waals surface area contributed by atoms with Gasteiger partial charge in [0.2, 0.25) is 5.91 Å². The second kappa shape index (κ2) is 14.0. The number of carbonyl (C=O) groups is 2. The molecule has 0 bridgehead atoms. The third-order valence-corrected chi connectivity index (χ3v) is 6.52. The zero-order chi connectivity index (χ0) is 28.3. The number of rotatable bonds is 13. The Morgan fingerprint density at radius 1 is 0.775 bits per heavy atom. The molecule has 1 atom stereocenters. The second-order valence-corrected chi connectivity index (χ2v) is 9.29. The minimum absolute atomic E-state index is 0.124. The number of carbonyl (C=O) groups excluding carboxylic acids is 1. The largest absolute Gasteiger partial charge is 0.488 e. The van der Waals surface area contributed by atoms with Crippen LogP contribution in [-0.2, 0) is 35.6 Å². The number of nitrogens with one attached hydrogen (secondary N) is 1. The van der Waals surface area contributed by atoms with Gasteiger partial charge in [0.25, 0.3) is 0 Å². The molecule has 0 aliphatic rings. The van der Waals surface area contributed by atoms with Crippen LogP contribution in [0.3, 0.4) is 0 Å². The molecule has 7 heteroatoms. The predicted octanol–water partition coefficient (Wildman–Crippen LogP) is 5.18. The van der Waals surface area contributed by atoms with Crippen LogP contribution in [-0.4, -0.2) is 34.7 Å². The summed E-state index contributed by atoms with van der Waals surface area (Å²) in [5.41, 5.74) is 5.09. The Kier molecular flexibility index (Phi) is 9.91. The van der Waals surface area contributed by atoms with E-state index in [2.05, 4.69) is 5.32 Å². The molecule has 4 aromatic rings. The summed E-state index contributed by atoms with van der Waals surface area (Å²) in [6, 6.07) is 29.7. The number of benzene rings is 4. The smallest absolute Gasteiger partial charge is 0.328 e. The average Bonchev–Trinajstić information content (AvgIpc) is 2.99. The monoisotopic (exact) mass is 539 g/mol. The molecule has 1 unspecified atom stereocenters. The molecular weight excluding hydrogens is 506 g/mol. The highest BCUT2D eigenvalue weighted by Gasteiger charge is 2.25. The first-order valence-corrected chi connectivity index (χ1v) is 13.2. The summed E-state index contributed by atoms with van der Waals surface area (Å²) in [6.07, 6.45) is 0.440. The van der Waals surface area contributed by atoms with Crippen LogP contribution in [0.25, 0.3) is 11.1 Å². The molecule has 1 amide bonds. The van der Waals surface area contributed by atoms with Crippen molar-refractivity contribution < 1.29 is 29.3 Å². The van der Waals surface area contributed by atoms with Crippen molar-refractivity contribution in [1.82, 2.24) is 5.32 Å². The predicted molar refractivity (Wildman–Crippen MR) is 153 cm³/mol. The van der Waals surface area contributed by atoms with Gasteiger partial charge in [-0.3, -0.25) is 4.79 Å². The number of carboxylic acids is 1. The van der Waals surface area contributed by atoms with Crippen molar-refractivity contribution in [2.45, 2.75) is 39.0 Å². The van der Waals surface area contributed by atoms with E-state index in [9.17, 15) is 19.8 Å². The fourth-order valence-corrected chi connectivity index (χ4v) is 4.54. The molecule has 0 aliphatic carbocycles. The molecule has 0 heterocycles. The highest BCUT2D eigenvalue weighted by atomic mass is 16.5. The van der Waals surface area contributed by atoms with Gasteiger partial charge < -0.3 is 25.0 Å². The van der Waals surface area contributed by atoms with Gasteiger partial charge in [-0.05, 0) is 34.2 Å². The first-order valence-electron chi connectivity index (χ1n) is 13.2. The second-order valence-electron chi connectivity index (χ2n) is 9.29. The summed E-state index contributed by atoms with van der Waals surface area (Å²) in [7, 11) is 0. The summed E-state index contributed by atoms with van der Waals surface area (Å²) in [5.74, 6) is -0.687. The van der Waals surface area contributed by atoms with Gasteiger partial charge in [0.05, 0.1) is 13.0 Å². The van der Waals surface area contributed by atoms with Crippen molar-refractivity contribution in [2.75, 3.05) is 6.61 Å². The number of hydrogen-bond acceptors (Lipinski definition) is 5. The molecule has 0 saturated carbocycles. The maximum atomic E-state index is 13.2. The lowest BCUT2D eigenvalue weighted by molar-refractivity contribution is -0.142. The number of carboxylic acid groups (broad SMARTS) is 1. The molecular formula is C33H33NO6. The van der Waals surface area contributed by atoms with Crippen LogP contribution in [0, 0.1) is 0 Å². The molecule has 4 aromatic carbocycles. The van der Waals surface area contributed by atoms with Gasteiger partial charge in [0, 0.05) is 11.6 Å². The first-order chi connectivity index (χ1) is 19.5. The Labute approximate surface area is 234 Å². The van der Waals surface area contributed by atoms with Gasteiger partial charge in [0.1, 0.15) is 30.8 Å². The van der Waals surface area contributed by atoms with Crippen LogP contribution in [0.5, 0.6) is 11.5 Å². The normalized spacial score (nSPS) is 11.4. The van der Waals surface area contributed by atoms with Crippen molar-refractivity contribution in [3.8, 4) is 22.6 Å². The van der Waals surface area contributed by atoms with Gasteiger partial charge in [-0.2, -0.15) is 0 Å². The Balaban J connectivity index is 1.81. The van der Waals surface area contributed by atoms with Crippen LogP contribution in [0.2, 0.25) is 0 Å². The van der Waals surface area contributed by atoms with E-state index in [1.165, 1.54) is 0 Å². The van der Waals surface area contributed by atoms with E-state index >= 15 is 0 Å². The Hall–Kier alpha value is -4.62. The SMILES string of the molecule is CCc1c(OCc2ccccc2)cc(OCc2ccccc2)c(-c2ccccc2)c1CC(=O)NC(CO)C(=O)O. The molecule has 0 radical (unpaired) electrons. The fourth-order valence-electron chi connectivity index (χ4n) is 4.54. The molecule has 40 heavy (non-hydrogen) atoms. The standard InChI is InChI=1S/C33H33NO6/c1-2-26-27(18-31(36)34-28(20-35)33(37)38)32(25-16-10-5-11-17-25)30(40-22-24-14-8-4-9-15-24)19-29(26)39-21-23-12-6-3-7-13-23/h3-17,19,28,35H,2,18,20-22H2,1H3,(H,34,36)(H,37,38). The van der Waals surface area contributed by atoms with Gasteiger partial charge in [-0.25, -0.2) is 4.79 Å². The molecule has 0 spiro atoms. The van der Waals surface area contributed by atoms with Crippen molar-refractivity contribution in [3.63, 3.8) is 0 Å². The van der Waals surface area contributed by atoms with Crippen LogP contribution in [0.1, 0.15) is 29.2 Å². The van der Waals surface area contributed by atoms with Crippen molar-refractivity contribution in [2.24, 2.45) is 0 Å². The van der Waals surface area contributed by atoms with Gasteiger partial charge in [-0.15, -0.1) is 0 Å². The number of aliphatic carboxylic acids is 1. The zero-order valence-corrected chi connectivity index (χ0v) is 22.4. The van der Waals surface area contributed by atoms with E-state index in [0.29, 0.717) is 36.7 Å². The molecule has 0 saturated heterocycles. The average molecular weight is 540 g/mol. The van der Waals surface area contributed by atoms with Crippen molar-refractivity contribution in [3.05, 3.63) is 119 Å². The first kappa shape index (κ1) is 28.4. The van der Waals surface area contributed by atoms with Crippen LogP contribution in [0.4, 0.5) is 0 Å². The third kappa shape index (κ3) is 7.27. The number of hydrogen-bond donors (Lipinski definition) is 3. The lowest BCUT2D eigenvalue weighted by Gasteiger charge is -2.23. The maximum Gasteiger partial charge on any atom is 0.328 e. The zero-order valence-electron chi connectivity index (χ0n) is 22.4. The molecule has 206 valence electrons. The van der Waals surface area contributed by atoms with E-state index in [-0.39, 0.29) is 6.42 Å². The molecule has 0 aliphatic heterocycles. The van der Waals surface area contributed by atoms with Crippen LogP contribution in [0.15, 0.2) is 97.1 Å². The van der Waals surface area contributed by atoms with E-state index in [1.807, 2.05) is 104 Å². The number of amides is 1. The van der Waals surface area contributed by atoms with E-state index in [1.54, 1.807) is 0 Å². The Bertz CT molecular complexity index is 1410. The lowest BCUT2D eigenvalue weighted by atomic mass is 9.90. The topological polar surface area (TPSA) is 105 Å². The minimum Gasteiger partial charge on any atom is -0.488 e. The van der Waals surface area contributed by atoms with Crippen LogP contribution >= 0.6 is 0 Å². The fraction of sp³-hybridized carbons (Fsp3) is 0.212. The highest BCUT2D eigenvalue weighted by Crippen LogP contribution is 2.42. The van der Waals surface area contributed by atoms with E-state index in [4.69, 9.17) is 9.47 Å². The quantitative estimate of drug-likeness (QED) is 0.216. The lowest BCUT2D eigenvalue weighted by Crippen LogP contribution is -2.44. The van der Waals surface area contributed by atoms with E-state index in [0.717, 1.165) is 27.8 Å². The van der Waals surface area contributed by atoms with Crippen molar-refractivity contribution >= 4 is 11.9 Å². The number of ether oxygens (including phenoxy) is 2. The highest BCUT2D eigenvalue weighted by molar-refractivity contribution is 5.88. The van der Waals surface area contributed by atoms with Gasteiger partial charge >= 0.3 is 5.97 Å². The summed E-state index contributed by atoms with van der Waals surface area (Å²) in [4.78, 5) is 24.6. The summed E-state index contributed by atoms with van der Waals surface area (Å²) >= 11 is 0. The number of aliphatic hydroxyl groups is 1. The van der Waals surface area contributed by atoms with E-state index < -0.39 is 24.5 Å². The molecule has 4 rings (SSSR count). The number of aliphatic hydroxyl groups excluding tert-OH is 1. The van der Waals surface area contributed by atoms with Gasteiger partial charge in [-0.1, -0.05) is 97.9 Å². The van der Waals surface area contributed by atoms with Crippen molar-refractivity contribution in [1.29, 1.82) is 0 Å². The summed E-state index contributed by atoms with van der Waals surface area (Å²) < 4.78 is 12.7. The molecule has 0 aromatic heterocycles. The van der Waals surface area contributed by atoms with Crippen LogP contribution < -0.4 is 14.8 Å².